The van der Waals surface area contributed by atoms with Crippen LogP contribution in [0.5, 0.6) is 0 Å². The number of benzene rings is 1. The first-order valence-corrected chi connectivity index (χ1v) is 7.47. The van der Waals surface area contributed by atoms with Crippen molar-refractivity contribution in [2.45, 2.75) is 4.90 Å². The largest absolute Gasteiger partial charge is 0.392 e. The molecule has 0 unspecified atom stereocenters. The SMILES string of the molecule is CN(CC(N)=S)S(=O)(=O)c1ccc(Cl)c(Br)c1. The van der Waals surface area contributed by atoms with E-state index in [4.69, 9.17) is 17.3 Å². The fourth-order valence-electron chi connectivity index (χ4n) is 1.12. The minimum Gasteiger partial charge on any atom is -0.392 e. The van der Waals surface area contributed by atoms with Crippen LogP contribution in [0.4, 0.5) is 0 Å². The maximum atomic E-state index is 12.1. The average molecular weight is 358 g/mol. The van der Waals surface area contributed by atoms with Crippen molar-refractivity contribution in [3.05, 3.63) is 27.7 Å². The predicted molar refractivity (Wildman–Crippen MR) is 75.8 cm³/mol. The Kier molecular flexibility index (Phi) is 4.91. The van der Waals surface area contributed by atoms with Gasteiger partial charge in [-0.15, -0.1) is 0 Å². The van der Waals surface area contributed by atoms with Crippen molar-refractivity contribution in [2.24, 2.45) is 5.73 Å². The number of hydrogen-bond acceptors (Lipinski definition) is 3. The van der Waals surface area contributed by atoms with Gasteiger partial charge in [-0.05, 0) is 34.1 Å². The van der Waals surface area contributed by atoms with Crippen molar-refractivity contribution in [2.75, 3.05) is 13.6 Å². The van der Waals surface area contributed by atoms with Crippen LogP contribution in [0, 0.1) is 0 Å². The van der Waals surface area contributed by atoms with Gasteiger partial charge in [0, 0.05) is 11.5 Å². The summed E-state index contributed by atoms with van der Waals surface area (Å²) in [5, 5.41) is 0.445. The quantitative estimate of drug-likeness (QED) is 0.837. The summed E-state index contributed by atoms with van der Waals surface area (Å²) < 4.78 is 25.8. The molecule has 94 valence electrons. The van der Waals surface area contributed by atoms with E-state index >= 15 is 0 Å². The highest BCUT2D eigenvalue weighted by Crippen LogP contribution is 2.26. The van der Waals surface area contributed by atoms with E-state index in [9.17, 15) is 8.42 Å². The van der Waals surface area contributed by atoms with Crippen LogP contribution in [0.3, 0.4) is 0 Å². The zero-order chi connectivity index (χ0) is 13.2. The van der Waals surface area contributed by atoms with Crippen LogP contribution < -0.4 is 5.73 Å². The van der Waals surface area contributed by atoms with E-state index in [1.807, 2.05) is 0 Å². The molecule has 4 nitrogen and oxygen atoms in total. The zero-order valence-corrected chi connectivity index (χ0v) is 12.8. The van der Waals surface area contributed by atoms with Gasteiger partial charge in [0.15, 0.2) is 0 Å². The Balaban J connectivity index is 3.13. The van der Waals surface area contributed by atoms with E-state index in [2.05, 4.69) is 28.1 Å². The van der Waals surface area contributed by atoms with Gasteiger partial charge in [-0.25, -0.2) is 8.42 Å². The van der Waals surface area contributed by atoms with E-state index in [-0.39, 0.29) is 16.4 Å². The number of nitrogens with zero attached hydrogens (tertiary/aromatic N) is 1. The molecule has 0 saturated heterocycles. The van der Waals surface area contributed by atoms with Crippen LogP contribution >= 0.6 is 39.7 Å². The number of halogens is 2. The van der Waals surface area contributed by atoms with Crippen molar-refractivity contribution < 1.29 is 8.42 Å². The number of likely N-dealkylation sites (N-methyl/N-ethyl adjacent to an activating group) is 1. The Morgan fingerprint density at radius 1 is 1.59 bits per heavy atom. The third-order valence-electron chi connectivity index (χ3n) is 1.98. The van der Waals surface area contributed by atoms with Crippen LogP contribution in [0.1, 0.15) is 0 Å². The molecule has 0 aromatic heterocycles. The standard InChI is InChI=1S/C9H10BrClN2O2S2/c1-13(5-9(12)16)17(14,15)6-2-3-8(11)7(10)4-6/h2-4H,5H2,1H3,(H2,12,16). The van der Waals surface area contributed by atoms with Crippen LogP contribution in [-0.2, 0) is 10.0 Å². The maximum absolute atomic E-state index is 12.1. The van der Waals surface area contributed by atoms with Gasteiger partial charge >= 0.3 is 0 Å². The lowest BCUT2D eigenvalue weighted by molar-refractivity contribution is 0.506. The third kappa shape index (κ3) is 3.62. The summed E-state index contributed by atoms with van der Waals surface area (Å²) in [5.74, 6) is 0. The Morgan fingerprint density at radius 2 is 2.18 bits per heavy atom. The first-order valence-electron chi connectivity index (χ1n) is 4.45. The summed E-state index contributed by atoms with van der Waals surface area (Å²) in [4.78, 5) is 0.247. The molecule has 0 aliphatic rings. The Hall–Kier alpha value is -0.210. The number of nitrogens with two attached hydrogens (primary N) is 1. The molecule has 2 N–H and O–H groups in total. The molecule has 0 spiro atoms. The van der Waals surface area contributed by atoms with Crippen molar-refractivity contribution in [3.8, 4) is 0 Å². The number of hydrogen-bond donors (Lipinski definition) is 1. The number of sulfonamides is 1. The van der Waals surface area contributed by atoms with E-state index in [0.717, 1.165) is 4.31 Å². The minimum atomic E-state index is -3.60. The second-order valence-corrected chi connectivity index (χ2v) is 7.13. The summed E-state index contributed by atoms with van der Waals surface area (Å²) in [6.45, 7) is -0.00207. The summed E-state index contributed by atoms with van der Waals surface area (Å²) in [7, 11) is -2.18. The first-order chi connectivity index (χ1) is 7.75. The topological polar surface area (TPSA) is 63.4 Å². The Bertz CT molecular complexity index is 548. The monoisotopic (exact) mass is 356 g/mol. The van der Waals surface area contributed by atoms with E-state index in [0.29, 0.717) is 9.50 Å². The van der Waals surface area contributed by atoms with Gasteiger partial charge in [-0.1, -0.05) is 23.8 Å². The molecule has 0 amide bonds. The molecule has 1 rings (SSSR count). The van der Waals surface area contributed by atoms with Gasteiger partial charge in [-0.2, -0.15) is 4.31 Å². The molecule has 0 aliphatic heterocycles. The fraction of sp³-hybridized carbons (Fsp3) is 0.222. The summed E-state index contributed by atoms with van der Waals surface area (Å²) in [5.41, 5.74) is 5.32. The van der Waals surface area contributed by atoms with Gasteiger partial charge < -0.3 is 5.73 Å². The molecule has 0 aliphatic carbocycles. The van der Waals surface area contributed by atoms with Gasteiger partial charge in [0.25, 0.3) is 0 Å². The lowest BCUT2D eigenvalue weighted by Gasteiger charge is -2.16. The van der Waals surface area contributed by atoms with Crippen LogP contribution in [0.25, 0.3) is 0 Å². The van der Waals surface area contributed by atoms with Crippen molar-refractivity contribution in [3.63, 3.8) is 0 Å². The molecule has 17 heavy (non-hydrogen) atoms. The minimum absolute atomic E-state index is 0.00207. The second-order valence-electron chi connectivity index (χ2n) is 3.30. The van der Waals surface area contributed by atoms with Crippen LogP contribution in [0.15, 0.2) is 27.6 Å². The van der Waals surface area contributed by atoms with Gasteiger partial charge in [0.2, 0.25) is 10.0 Å². The molecule has 0 fully saturated rings. The third-order valence-corrected chi connectivity index (χ3v) is 5.12. The fourth-order valence-corrected chi connectivity index (χ4v) is 3.22. The van der Waals surface area contributed by atoms with Gasteiger partial charge in [-0.3, -0.25) is 0 Å². The summed E-state index contributed by atoms with van der Waals surface area (Å²) in [6, 6.07) is 4.37. The number of thiocarbonyl (C=S) groups is 1. The lowest BCUT2D eigenvalue weighted by atomic mass is 10.4. The maximum Gasteiger partial charge on any atom is 0.243 e. The highest BCUT2D eigenvalue weighted by atomic mass is 79.9. The first kappa shape index (κ1) is 14.8. The normalized spacial score (nSPS) is 11.8. The molecule has 0 radical (unpaired) electrons. The van der Waals surface area contributed by atoms with Gasteiger partial charge in [0.05, 0.1) is 21.5 Å². The molecular weight excluding hydrogens is 348 g/mol. The van der Waals surface area contributed by atoms with Crippen LogP contribution in [-0.4, -0.2) is 31.3 Å². The van der Waals surface area contributed by atoms with Gasteiger partial charge in [0.1, 0.15) is 0 Å². The molecular formula is C9H10BrClN2O2S2. The molecule has 1 aromatic carbocycles. The molecule has 8 heteroatoms. The van der Waals surface area contributed by atoms with Crippen molar-refractivity contribution >= 4 is 54.8 Å². The average Bonchev–Trinajstić information content (AvgIpc) is 2.20. The molecule has 0 saturated carbocycles. The molecule has 0 bridgehead atoms. The molecule has 0 atom stereocenters. The van der Waals surface area contributed by atoms with E-state index in [1.54, 1.807) is 0 Å². The smallest absolute Gasteiger partial charge is 0.243 e. The Labute approximate surface area is 119 Å². The molecule has 1 aromatic rings. The number of rotatable bonds is 4. The van der Waals surface area contributed by atoms with Crippen LogP contribution in [0.2, 0.25) is 5.02 Å². The zero-order valence-electron chi connectivity index (χ0n) is 8.85. The highest BCUT2D eigenvalue weighted by molar-refractivity contribution is 9.10. The van der Waals surface area contributed by atoms with Crippen molar-refractivity contribution in [1.29, 1.82) is 0 Å². The molecule has 0 heterocycles. The highest BCUT2D eigenvalue weighted by Gasteiger charge is 2.21. The van der Waals surface area contributed by atoms with E-state index in [1.165, 1.54) is 25.2 Å². The summed E-state index contributed by atoms with van der Waals surface area (Å²) >= 11 is 13.7. The van der Waals surface area contributed by atoms with E-state index < -0.39 is 10.0 Å². The van der Waals surface area contributed by atoms with Crippen molar-refractivity contribution in [1.82, 2.24) is 4.31 Å². The summed E-state index contributed by atoms with van der Waals surface area (Å²) in [6.07, 6.45) is 0. The Morgan fingerprint density at radius 3 is 2.65 bits per heavy atom. The second kappa shape index (κ2) is 5.62. The predicted octanol–water partition coefficient (Wildman–Crippen LogP) is 2.01. The lowest BCUT2D eigenvalue weighted by Crippen LogP contribution is -2.34.